The van der Waals surface area contributed by atoms with Crippen molar-refractivity contribution in [1.29, 1.82) is 0 Å². The zero-order chi connectivity index (χ0) is 35.1. The van der Waals surface area contributed by atoms with Gasteiger partial charge < -0.3 is 4.42 Å². The predicted octanol–water partition coefficient (Wildman–Crippen LogP) is 14.1. The van der Waals surface area contributed by atoms with Crippen LogP contribution in [-0.2, 0) is 0 Å². The van der Waals surface area contributed by atoms with Gasteiger partial charge in [0.25, 0.3) is 0 Å². The maximum Gasteiger partial charge on any atom is 0.227 e. The predicted molar refractivity (Wildman–Crippen MR) is 222 cm³/mol. The van der Waals surface area contributed by atoms with Gasteiger partial charge in [0.15, 0.2) is 5.58 Å². The van der Waals surface area contributed by atoms with Gasteiger partial charge in [0.05, 0.1) is 0 Å². The average molecular weight is 676 g/mol. The number of hydrogen-bond donors (Lipinski definition) is 0. The average Bonchev–Trinajstić information content (AvgIpc) is 3.68. The van der Waals surface area contributed by atoms with E-state index >= 15 is 0 Å². The quantitative estimate of drug-likeness (QED) is 0.164. The number of fused-ring (bicyclic) bond motifs is 3. The lowest BCUT2D eigenvalue weighted by molar-refractivity contribution is 0.620. The fourth-order valence-electron chi connectivity index (χ4n) is 7.91. The van der Waals surface area contributed by atoms with Gasteiger partial charge in [-0.2, -0.15) is 0 Å². The first-order valence-electron chi connectivity index (χ1n) is 18.0. The highest BCUT2D eigenvalue weighted by Crippen LogP contribution is 2.47. The fraction of sp³-hybridized carbons (Fsp3) is 0. The number of para-hydroxylation sites is 2. The van der Waals surface area contributed by atoms with Crippen LogP contribution in [0.4, 0.5) is 0 Å². The van der Waals surface area contributed by atoms with Gasteiger partial charge in [0.2, 0.25) is 5.89 Å². The standard InChI is InChI=1S/C51H33NO/c1-4-16-34(17-5-1)45-32-37(50-43-24-12-10-22-41(43)49(36-20-8-3-9-21-36)42-23-11-13-25-44(42)50)28-30-39(45)40-31-29-38(33-46(40)35-18-6-2-7-19-35)51-52-47-26-14-15-27-48(47)53-51/h1-33H. The Morgan fingerprint density at radius 1 is 0.302 bits per heavy atom. The monoisotopic (exact) mass is 675 g/mol. The molecule has 1 heterocycles. The first-order valence-corrected chi connectivity index (χ1v) is 18.0. The molecule has 1 aromatic heterocycles. The minimum Gasteiger partial charge on any atom is -0.436 e. The summed E-state index contributed by atoms with van der Waals surface area (Å²) in [5.41, 5.74) is 14.4. The van der Waals surface area contributed by atoms with E-state index in [1.54, 1.807) is 0 Å². The van der Waals surface area contributed by atoms with E-state index in [1.165, 1.54) is 54.9 Å². The summed E-state index contributed by atoms with van der Waals surface area (Å²) in [6, 6.07) is 71.4. The van der Waals surface area contributed by atoms with Crippen LogP contribution in [0.15, 0.2) is 205 Å². The van der Waals surface area contributed by atoms with Gasteiger partial charge in [-0.3, -0.25) is 0 Å². The molecule has 0 N–H and O–H groups in total. The molecule has 0 saturated carbocycles. The Labute approximate surface area is 308 Å². The fourth-order valence-corrected chi connectivity index (χ4v) is 7.91. The normalized spacial score (nSPS) is 11.4. The molecule has 0 amide bonds. The molecule has 0 fully saturated rings. The Kier molecular flexibility index (Phi) is 7.51. The third kappa shape index (κ3) is 5.40. The molecule has 0 aliphatic carbocycles. The largest absolute Gasteiger partial charge is 0.436 e. The van der Waals surface area contributed by atoms with Crippen LogP contribution in [0.2, 0.25) is 0 Å². The summed E-state index contributed by atoms with van der Waals surface area (Å²) in [4.78, 5) is 4.84. The second-order valence-electron chi connectivity index (χ2n) is 13.4. The van der Waals surface area contributed by atoms with Gasteiger partial charge in [0, 0.05) is 5.56 Å². The highest BCUT2D eigenvalue weighted by molar-refractivity contribution is 6.21. The van der Waals surface area contributed by atoms with E-state index in [-0.39, 0.29) is 0 Å². The summed E-state index contributed by atoms with van der Waals surface area (Å²) in [6.07, 6.45) is 0. The molecule has 0 aliphatic rings. The first-order chi connectivity index (χ1) is 26.3. The van der Waals surface area contributed by atoms with E-state index < -0.39 is 0 Å². The van der Waals surface area contributed by atoms with E-state index in [2.05, 4.69) is 176 Å². The smallest absolute Gasteiger partial charge is 0.227 e. The van der Waals surface area contributed by atoms with Crippen molar-refractivity contribution in [3.05, 3.63) is 200 Å². The van der Waals surface area contributed by atoms with Crippen LogP contribution in [0.1, 0.15) is 0 Å². The number of nitrogens with zero attached hydrogens (tertiary/aromatic N) is 1. The topological polar surface area (TPSA) is 26.0 Å². The minimum atomic E-state index is 0.617. The van der Waals surface area contributed by atoms with Crippen molar-refractivity contribution < 1.29 is 4.42 Å². The molecule has 0 bridgehead atoms. The Balaban J connectivity index is 1.22. The first kappa shape index (κ1) is 30.8. The molecule has 10 aromatic rings. The molecule has 0 radical (unpaired) electrons. The summed E-state index contributed by atoms with van der Waals surface area (Å²) in [6.45, 7) is 0. The van der Waals surface area contributed by atoms with Crippen molar-refractivity contribution in [2.45, 2.75) is 0 Å². The summed E-state index contributed by atoms with van der Waals surface area (Å²) >= 11 is 0. The number of rotatable bonds is 6. The molecular formula is C51H33NO. The maximum absolute atomic E-state index is 6.24. The van der Waals surface area contributed by atoms with Crippen LogP contribution in [0, 0.1) is 0 Å². The van der Waals surface area contributed by atoms with Crippen LogP contribution in [0.5, 0.6) is 0 Å². The summed E-state index contributed by atoms with van der Waals surface area (Å²) in [5.74, 6) is 0.617. The Bertz CT molecular complexity index is 2840. The molecule has 10 rings (SSSR count). The van der Waals surface area contributed by atoms with Crippen molar-refractivity contribution >= 4 is 32.6 Å². The van der Waals surface area contributed by atoms with Crippen LogP contribution in [0.25, 0.3) is 99.7 Å². The highest BCUT2D eigenvalue weighted by atomic mass is 16.3. The molecule has 0 unspecified atom stereocenters. The van der Waals surface area contributed by atoms with Crippen molar-refractivity contribution in [3.63, 3.8) is 0 Å². The van der Waals surface area contributed by atoms with E-state index in [0.29, 0.717) is 5.89 Å². The van der Waals surface area contributed by atoms with E-state index in [9.17, 15) is 0 Å². The van der Waals surface area contributed by atoms with E-state index in [4.69, 9.17) is 9.40 Å². The van der Waals surface area contributed by atoms with Gasteiger partial charge in [0.1, 0.15) is 5.52 Å². The molecule has 9 aromatic carbocycles. The van der Waals surface area contributed by atoms with E-state index in [1.807, 2.05) is 24.3 Å². The van der Waals surface area contributed by atoms with Gasteiger partial charge >= 0.3 is 0 Å². The number of aromatic nitrogens is 1. The Morgan fingerprint density at radius 2 is 0.717 bits per heavy atom. The summed E-state index contributed by atoms with van der Waals surface area (Å²) in [7, 11) is 0. The highest BCUT2D eigenvalue weighted by Gasteiger charge is 2.20. The van der Waals surface area contributed by atoms with Crippen molar-refractivity contribution in [3.8, 4) is 67.1 Å². The lowest BCUT2D eigenvalue weighted by Crippen LogP contribution is -1.94. The van der Waals surface area contributed by atoms with Gasteiger partial charge in [-0.05, 0) is 108 Å². The van der Waals surface area contributed by atoms with Crippen LogP contribution >= 0.6 is 0 Å². The molecule has 0 aliphatic heterocycles. The molecule has 2 nitrogen and oxygen atoms in total. The van der Waals surface area contributed by atoms with Gasteiger partial charge in [-0.1, -0.05) is 170 Å². The lowest BCUT2D eigenvalue weighted by Gasteiger charge is -2.20. The minimum absolute atomic E-state index is 0.617. The molecule has 248 valence electrons. The molecular weight excluding hydrogens is 643 g/mol. The zero-order valence-corrected chi connectivity index (χ0v) is 28.9. The van der Waals surface area contributed by atoms with Crippen LogP contribution < -0.4 is 0 Å². The zero-order valence-electron chi connectivity index (χ0n) is 28.9. The number of hydrogen-bond acceptors (Lipinski definition) is 2. The van der Waals surface area contributed by atoms with Gasteiger partial charge in [-0.15, -0.1) is 0 Å². The third-order valence-corrected chi connectivity index (χ3v) is 10.3. The summed E-state index contributed by atoms with van der Waals surface area (Å²) < 4.78 is 6.24. The molecule has 53 heavy (non-hydrogen) atoms. The second kappa shape index (κ2) is 12.9. The molecule has 0 saturated heterocycles. The van der Waals surface area contributed by atoms with Crippen LogP contribution in [-0.4, -0.2) is 4.98 Å². The Morgan fingerprint density at radius 3 is 1.25 bits per heavy atom. The Hall–Kier alpha value is -7.03. The third-order valence-electron chi connectivity index (χ3n) is 10.3. The van der Waals surface area contributed by atoms with Crippen molar-refractivity contribution in [1.82, 2.24) is 4.98 Å². The summed E-state index contributed by atoms with van der Waals surface area (Å²) in [5, 5.41) is 4.98. The van der Waals surface area contributed by atoms with Gasteiger partial charge in [-0.25, -0.2) is 4.98 Å². The number of benzene rings is 9. The lowest BCUT2D eigenvalue weighted by atomic mass is 9.83. The molecule has 0 atom stereocenters. The maximum atomic E-state index is 6.24. The molecule has 0 spiro atoms. The van der Waals surface area contributed by atoms with Crippen LogP contribution in [0.3, 0.4) is 0 Å². The SMILES string of the molecule is c1ccc(-c2cc(-c3nc4ccccc4o3)ccc2-c2ccc(-c3c4ccccc4c(-c4ccccc4)c4ccccc34)cc2-c2ccccc2)cc1. The van der Waals surface area contributed by atoms with E-state index in [0.717, 1.165) is 38.9 Å². The second-order valence-corrected chi connectivity index (χ2v) is 13.4. The van der Waals surface area contributed by atoms with Crippen molar-refractivity contribution in [2.24, 2.45) is 0 Å². The van der Waals surface area contributed by atoms with Crippen molar-refractivity contribution in [2.75, 3.05) is 0 Å². The molecule has 2 heteroatoms. The number of oxazole rings is 1.